The van der Waals surface area contributed by atoms with Crippen LogP contribution in [0.4, 0.5) is 0 Å². The van der Waals surface area contributed by atoms with E-state index in [2.05, 4.69) is 4.98 Å². The van der Waals surface area contributed by atoms with Crippen LogP contribution >= 0.6 is 11.6 Å². The molecule has 0 fully saturated rings. The maximum atomic E-state index is 13.0. The Morgan fingerprint density at radius 2 is 1.60 bits per heavy atom. The van der Waals surface area contributed by atoms with E-state index in [1.54, 1.807) is 56.4 Å². The number of halogens is 1. The monoisotopic (exact) mass is 427 g/mol. The van der Waals surface area contributed by atoms with Crippen molar-refractivity contribution in [2.45, 2.75) is 20.3 Å². The molecule has 3 rings (SSSR count). The van der Waals surface area contributed by atoms with Gasteiger partial charge in [-0.25, -0.2) is 0 Å². The predicted octanol–water partition coefficient (Wildman–Crippen LogP) is 4.34. The van der Waals surface area contributed by atoms with E-state index >= 15 is 0 Å². The minimum absolute atomic E-state index is 0.107. The quantitative estimate of drug-likeness (QED) is 0.328. The second kappa shape index (κ2) is 9.59. The number of fused-ring (bicyclic) bond motifs is 1. The maximum absolute atomic E-state index is 13.0. The lowest BCUT2D eigenvalue weighted by Crippen LogP contribution is -2.30. The molecule has 2 aromatic carbocycles. The SMILES string of the molecule is CCOC(=O)C(Cc1c[nH]c2c(C(=O)c3ccc(Cl)cc3)cccc12)C(=O)OCC. The molecule has 0 radical (unpaired) electrons. The molecule has 0 amide bonds. The van der Waals surface area contributed by atoms with E-state index in [0.29, 0.717) is 21.7 Å². The summed E-state index contributed by atoms with van der Waals surface area (Å²) in [4.78, 5) is 40.7. The Hall–Kier alpha value is -3.12. The molecule has 0 aliphatic heterocycles. The van der Waals surface area contributed by atoms with Gasteiger partial charge in [-0.05, 0) is 56.2 Å². The van der Waals surface area contributed by atoms with Gasteiger partial charge in [-0.2, -0.15) is 0 Å². The number of ketones is 1. The van der Waals surface area contributed by atoms with E-state index in [9.17, 15) is 14.4 Å². The molecule has 0 aliphatic rings. The minimum atomic E-state index is -1.07. The normalized spacial score (nSPS) is 10.9. The number of aromatic amines is 1. The molecule has 0 saturated carbocycles. The van der Waals surface area contributed by atoms with Gasteiger partial charge in [0.1, 0.15) is 0 Å². The highest BCUT2D eigenvalue weighted by atomic mass is 35.5. The van der Waals surface area contributed by atoms with E-state index in [0.717, 1.165) is 10.9 Å². The third-order valence-corrected chi connectivity index (χ3v) is 4.97. The minimum Gasteiger partial charge on any atom is -0.465 e. The van der Waals surface area contributed by atoms with Gasteiger partial charge in [0.05, 0.1) is 18.7 Å². The van der Waals surface area contributed by atoms with Crippen LogP contribution in [-0.2, 0) is 25.5 Å². The molecule has 156 valence electrons. The maximum Gasteiger partial charge on any atom is 0.320 e. The van der Waals surface area contributed by atoms with Gasteiger partial charge in [0.2, 0.25) is 0 Å². The van der Waals surface area contributed by atoms with Crippen LogP contribution in [0.3, 0.4) is 0 Å². The zero-order valence-electron chi connectivity index (χ0n) is 16.7. The van der Waals surface area contributed by atoms with E-state index < -0.39 is 17.9 Å². The van der Waals surface area contributed by atoms with Crippen molar-refractivity contribution in [3.63, 3.8) is 0 Å². The highest BCUT2D eigenvalue weighted by Gasteiger charge is 2.31. The lowest BCUT2D eigenvalue weighted by molar-refractivity contribution is -0.161. The van der Waals surface area contributed by atoms with Gasteiger partial charge in [-0.3, -0.25) is 14.4 Å². The summed E-state index contributed by atoms with van der Waals surface area (Å²) < 4.78 is 10.1. The molecule has 0 spiro atoms. The number of hydrogen-bond donors (Lipinski definition) is 1. The Morgan fingerprint density at radius 3 is 2.20 bits per heavy atom. The molecule has 6 nitrogen and oxygen atoms in total. The molecule has 0 saturated heterocycles. The molecule has 30 heavy (non-hydrogen) atoms. The van der Waals surface area contributed by atoms with Gasteiger partial charge in [0.25, 0.3) is 0 Å². The number of carbonyl (C=O) groups excluding carboxylic acids is 3. The first-order chi connectivity index (χ1) is 14.5. The Balaban J connectivity index is 1.95. The Labute approximate surface area is 179 Å². The van der Waals surface area contributed by atoms with Gasteiger partial charge in [0, 0.05) is 27.7 Å². The largest absolute Gasteiger partial charge is 0.465 e. The van der Waals surface area contributed by atoms with Crippen molar-refractivity contribution in [3.8, 4) is 0 Å². The van der Waals surface area contributed by atoms with Crippen LogP contribution in [0, 0.1) is 5.92 Å². The molecular weight excluding hydrogens is 406 g/mol. The van der Waals surface area contributed by atoms with Gasteiger partial charge in [-0.1, -0.05) is 23.7 Å². The van der Waals surface area contributed by atoms with Crippen molar-refractivity contribution >= 4 is 40.2 Å². The summed E-state index contributed by atoms with van der Waals surface area (Å²) in [6.45, 7) is 3.70. The Bertz CT molecular complexity index is 1050. The van der Waals surface area contributed by atoms with Crippen LogP contribution in [-0.4, -0.2) is 35.9 Å². The van der Waals surface area contributed by atoms with E-state index in [1.807, 2.05) is 6.07 Å². The average molecular weight is 428 g/mol. The average Bonchev–Trinajstić information content (AvgIpc) is 3.15. The molecule has 1 N–H and O–H groups in total. The fourth-order valence-electron chi connectivity index (χ4n) is 3.30. The number of rotatable bonds is 8. The topological polar surface area (TPSA) is 85.5 Å². The first-order valence-electron chi connectivity index (χ1n) is 9.68. The fraction of sp³-hybridized carbons (Fsp3) is 0.261. The molecule has 0 bridgehead atoms. The standard InChI is InChI=1S/C23H22ClNO5/c1-3-29-22(27)19(23(28)30-4-2)12-15-13-25-20-17(15)6-5-7-18(20)21(26)14-8-10-16(24)11-9-14/h5-11,13,19,25H,3-4,12H2,1-2H3. The smallest absolute Gasteiger partial charge is 0.320 e. The number of hydrogen-bond acceptors (Lipinski definition) is 5. The summed E-state index contributed by atoms with van der Waals surface area (Å²) in [5, 5.41) is 1.31. The lowest BCUT2D eigenvalue weighted by Gasteiger charge is -2.14. The van der Waals surface area contributed by atoms with Crippen LogP contribution in [0.5, 0.6) is 0 Å². The Morgan fingerprint density at radius 1 is 0.967 bits per heavy atom. The van der Waals surface area contributed by atoms with Crippen molar-refractivity contribution in [3.05, 3.63) is 70.4 Å². The van der Waals surface area contributed by atoms with E-state index in [1.165, 1.54) is 0 Å². The number of nitrogens with one attached hydrogen (secondary N) is 1. The number of H-pyrrole nitrogens is 1. The molecule has 0 atom stereocenters. The van der Waals surface area contributed by atoms with Crippen LogP contribution < -0.4 is 0 Å². The number of ether oxygens (including phenoxy) is 2. The summed E-state index contributed by atoms with van der Waals surface area (Å²) >= 11 is 5.91. The summed E-state index contributed by atoms with van der Waals surface area (Å²) in [5.41, 5.74) is 2.37. The van der Waals surface area contributed by atoms with E-state index in [4.69, 9.17) is 21.1 Å². The fourth-order valence-corrected chi connectivity index (χ4v) is 3.42. The van der Waals surface area contributed by atoms with Crippen molar-refractivity contribution in [2.24, 2.45) is 5.92 Å². The molecule has 7 heteroatoms. The number of aromatic nitrogens is 1. The van der Waals surface area contributed by atoms with Crippen molar-refractivity contribution in [1.82, 2.24) is 4.98 Å². The molecule has 1 aromatic heterocycles. The second-order valence-electron chi connectivity index (χ2n) is 6.64. The molecule has 0 unspecified atom stereocenters. The summed E-state index contributed by atoms with van der Waals surface area (Å²) in [5.74, 6) is -2.48. The van der Waals surface area contributed by atoms with Crippen LogP contribution in [0.25, 0.3) is 10.9 Å². The van der Waals surface area contributed by atoms with Gasteiger partial charge in [0.15, 0.2) is 11.7 Å². The summed E-state index contributed by atoms with van der Waals surface area (Å²) in [6, 6.07) is 12.0. The molecular formula is C23H22ClNO5. The first-order valence-corrected chi connectivity index (χ1v) is 10.1. The number of esters is 2. The molecule has 0 aliphatic carbocycles. The molecule has 3 aromatic rings. The zero-order valence-corrected chi connectivity index (χ0v) is 17.5. The van der Waals surface area contributed by atoms with Crippen LogP contribution in [0.2, 0.25) is 5.02 Å². The lowest BCUT2D eigenvalue weighted by atomic mass is 9.96. The van der Waals surface area contributed by atoms with Gasteiger partial charge in [-0.15, -0.1) is 0 Å². The summed E-state index contributed by atoms with van der Waals surface area (Å²) in [7, 11) is 0. The number of benzene rings is 2. The highest BCUT2D eigenvalue weighted by Crippen LogP contribution is 2.27. The van der Waals surface area contributed by atoms with Gasteiger partial charge < -0.3 is 14.5 Å². The summed E-state index contributed by atoms with van der Waals surface area (Å²) in [6.07, 6.45) is 1.81. The van der Waals surface area contributed by atoms with Crippen LogP contribution in [0.1, 0.15) is 35.3 Å². The van der Waals surface area contributed by atoms with E-state index in [-0.39, 0.29) is 25.4 Å². The third-order valence-electron chi connectivity index (χ3n) is 4.72. The number of para-hydroxylation sites is 1. The molecule has 1 heterocycles. The number of carbonyl (C=O) groups is 3. The Kier molecular flexibility index (Phi) is 6.90. The van der Waals surface area contributed by atoms with Crippen LogP contribution in [0.15, 0.2) is 48.7 Å². The van der Waals surface area contributed by atoms with Crippen molar-refractivity contribution < 1.29 is 23.9 Å². The van der Waals surface area contributed by atoms with Gasteiger partial charge >= 0.3 is 11.9 Å². The predicted molar refractivity (Wildman–Crippen MR) is 114 cm³/mol. The van der Waals surface area contributed by atoms with Crippen molar-refractivity contribution in [2.75, 3.05) is 13.2 Å². The second-order valence-corrected chi connectivity index (χ2v) is 7.08. The third kappa shape index (κ3) is 4.54. The first kappa shape index (κ1) is 21.6. The van der Waals surface area contributed by atoms with Crippen molar-refractivity contribution in [1.29, 1.82) is 0 Å². The zero-order chi connectivity index (χ0) is 21.7. The highest BCUT2D eigenvalue weighted by molar-refractivity contribution is 6.30.